The molecule has 0 fully saturated rings. The van der Waals surface area contributed by atoms with Gasteiger partial charge >= 0.3 is 27.6 Å². The molecule has 0 saturated heterocycles. The second-order valence-electron chi connectivity index (χ2n) is 18.2. The Hall–Kier alpha value is -2.52. The summed E-state index contributed by atoms with van der Waals surface area (Å²) < 4.78 is 53.2. The molecule has 5 atom stereocenters. The van der Waals surface area contributed by atoms with Crippen LogP contribution in [0.3, 0.4) is 0 Å². The largest absolute Gasteiger partial charge is 0.472 e. The molecule has 0 aromatic carbocycles. The summed E-state index contributed by atoms with van der Waals surface area (Å²) in [6.45, 7) is 0.296. The van der Waals surface area contributed by atoms with E-state index in [0.29, 0.717) is 12.8 Å². The number of ether oxygens (including phenoxy) is 2. The number of allylic oxidation sites excluding steroid dienone is 12. The number of esters is 2. The third-order valence-corrected chi connectivity index (χ3v) is 13.0. The van der Waals surface area contributed by atoms with Gasteiger partial charge in [0.2, 0.25) is 0 Å². The minimum atomic E-state index is -4.80. The Balaban J connectivity index is 3.87. The van der Waals surface area contributed by atoms with Crippen LogP contribution in [-0.2, 0) is 46.3 Å². The molecule has 0 amide bonds. The zero-order chi connectivity index (χ0) is 53.1. The fourth-order valence-corrected chi connectivity index (χ4v) is 8.53. The molecule has 17 heteroatoms. The molecule has 0 aliphatic heterocycles. The number of phosphoric ester groups is 2. The summed E-state index contributed by atoms with van der Waals surface area (Å²) in [6, 6.07) is 0. The molecule has 15 nitrogen and oxygen atoms in total. The monoisotopic (exact) mass is 1060 g/mol. The van der Waals surface area contributed by atoms with E-state index in [1.54, 1.807) is 0 Å². The Morgan fingerprint density at radius 2 is 0.639 bits per heavy atom. The molecule has 0 aromatic heterocycles. The topological polar surface area (TPSA) is 225 Å². The van der Waals surface area contributed by atoms with Crippen molar-refractivity contribution < 1.29 is 71.4 Å². The van der Waals surface area contributed by atoms with Gasteiger partial charge < -0.3 is 34.6 Å². The summed E-state index contributed by atoms with van der Waals surface area (Å²) in [7, 11) is -9.59. The zero-order valence-corrected chi connectivity index (χ0v) is 46.1. The number of hydrogen-bond acceptors (Lipinski definition) is 13. The lowest BCUT2D eigenvalue weighted by Gasteiger charge is -2.19. The van der Waals surface area contributed by atoms with Crippen LogP contribution < -0.4 is 0 Å². The average Bonchev–Trinajstić information content (AvgIpc) is 3.36. The second kappa shape index (κ2) is 50.6. The smallest absolute Gasteiger partial charge is 0.463 e. The zero-order valence-electron chi connectivity index (χ0n) is 44.3. The summed E-state index contributed by atoms with van der Waals surface area (Å²) >= 11 is 0. The Bertz CT molecular complexity index is 1560. The van der Waals surface area contributed by atoms with Crippen molar-refractivity contribution in [2.24, 2.45) is 0 Å². The highest BCUT2D eigenvalue weighted by Gasteiger charge is 2.28. The first-order valence-corrected chi connectivity index (χ1v) is 30.3. The molecule has 0 bridgehead atoms. The van der Waals surface area contributed by atoms with Gasteiger partial charge in [-0.2, -0.15) is 0 Å². The maximum atomic E-state index is 12.2. The molecular weight excluding hydrogens is 963 g/mol. The predicted molar refractivity (Wildman–Crippen MR) is 288 cm³/mol. The van der Waals surface area contributed by atoms with E-state index >= 15 is 0 Å². The van der Waals surface area contributed by atoms with Gasteiger partial charge in [-0.15, -0.1) is 0 Å². The maximum absolute atomic E-state index is 12.2. The van der Waals surface area contributed by atoms with Gasteiger partial charge in [0.05, 0.1) is 26.4 Å². The number of phosphoric acid groups is 2. The van der Waals surface area contributed by atoms with Gasteiger partial charge in [0, 0.05) is 12.8 Å². The van der Waals surface area contributed by atoms with Crippen LogP contribution in [0, 0.1) is 0 Å². The first-order valence-electron chi connectivity index (χ1n) is 27.3. The van der Waals surface area contributed by atoms with E-state index in [1.165, 1.54) is 83.5 Å². The van der Waals surface area contributed by atoms with Crippen molar-refractivity contribution in [2.75, 3.05) is 39.6 Å². The third-order valence-electron chi connectivity index (χ3n) is 11.1. The molecule has 72 heavy (non-hydrogen) atoms. The highest BCUT2D eigenvalue weighted by atomic mass is 31.2. The summed E-state index contributed by atoms with van der Waals surface area (Å²) in [6.07, 6.45) is 53.1. The summed E-state index contributed by atoms with van der Waals surface area (Å²) in [5.41, 5.74) is 0. The molecule has 0 aromatic rings. The lowest BCUT2D eigenvalue weighted by molar-refractivity contribution is -0.148. The van der Waals surface area contributed by atoms with Crippen LogP contribution in [0.5, 0.6) is 0 Å². The van der Waals surface area contributed by atoms with E-state index in [9.17, 15) is 43.8 Å². The second-order valence-corrected chi connectivity index (χ2v) is 21.1. The van der Waals surface area contributed by atoms with Gasteiger partial charge in [-0.1, -0.05) is 183 Å². The first-order chi connectivity index (χ1) is 34.8. The number of rotatable bonds is 52. The number of carbonyl (C=O) groups is 2. The minimum Gasteiger partial charge on any atom is -0.463 e. The highest BCUT2D eigenvalue weighted by molar-refractivity contribution is 7.47. The lowest BCUT2D eigenvalue weighted by Crippen LogP contribution is -2.25. The Labute approximate surface area is 434 Å². The minimum absolute atomic E-state index is 0.171. The van der Waals surface area contributed by atoms with Gasteiger partial charge in [0.1, 0.15) is 31.5 Å². The van der Waals surface area contributed by atoms with Gasteiger partial charge in [-0.3, -0.25) is 27.7 Å². The lowest BCUT2D eigenvalue weighted by atomic mass is 10.1. The summed E-state index contributed by atoms with van der Waals surface area (Å²) in [4.78, 5) is 43.9. The van der Waals surface area contributed by atoms with Gasteiger partial charge in [0.25, 0.3) is 0 Å². The standard InChI is InChI=1S/C55H98O15P2/c1-3-5-7-9-11-13-15-17-19-21-23-24-26-28-30-32-34-36-38-40-42-44-55(60)66-46-52(57)48-68-72(63,64)70-50-53(58)49-69-71(61,62)67-47-51(56)45-65-54(59)43-41-39-37-35-33-31-29-27-25-22-20-18-16-14-12-10-8-6-4-2/h5,7,11,13,17-20,23-24,28,30,51-53,56-58H,3-4,6,8-10,12,14-16,21-22,25-27,29,31-50H2,1-2H3,(H,61,62)(H,63,64)/b7-5-,13-11-,19-17-,20-18+,24-23-,30-28-. The highest BCUT2D eigenvalue weighted by Crippen LogP contribution is 2.45. The van der Waals surface area contributed by atoms with Gasteiger partial charge in [-0.05, 0) is 83.5 Å². The van der Waals surface area contributed by atoms with Crippen molar-refractivity contribution in [1.29, 1.82) is 0 Å². The molecule has 5 unspecified atom stereocenters. The molecule has 5 N–H and O–H groups in total. The van der Waals surface area contributed by atoms with Crippen LogP contribution in [0.2, 0.25) is 0 Å². The first kappa shape index (κ1) is 69.5. The molecule has 418 valence electrons. The van der Waals surface area contributed by atoms with E-state index in [1.807, 2.05) is 0 Å². The summed E-state index contributed by atoms with van der Waals surface area (Å²) in [5, 5.41) is 30.1. The summed E-state index contributed by atoms with van der Waals surface area (Å²) in [5.74, 6) is -1.01. The molecule has 0 rings (SSSR count). The number of hydrogen-bond donors (Lipinski definition) is 5. The van der Waals surface area contributed by atoms with Gasteiger partial charge in [0.15, 0.2) is 0 Å². The van der Waals surface area contributed by atoms with Crippen molar-refractivity contribution in [3.8, 4) is 0 Å². The number of carbonyl (C=O) groups excluding carboxylic acids is 2. The molecule has 0 aliphatic rings. The Morgan fingerprint density at radius 1 is 0.375 bits per heavy atom. The molecule has 0 aliphatic carbocycles. The van der Waals surface area contributed by atoms with Crippen LogP contribution in [0.15, 0.2) is 72.9 Å². The van der Waals surface area contributed by atoms with Crippen molar-refractivity contribution in [1.82, 2.24) is 0 Å². The van der Waals surface area contributed by atoms with E-state index < -0.39 is 85.5 Å². The third kappa shape index (κ3) is 52.3. The van der Waals surface area contributed by atoms with E-state index in [2.05, 4.69) is 95.8 Å². The quantitative estimate of drug-likeness (QED) is 0.0165. The van der Waals surface area contributed by atoms with Crippen molar-refractivity contribution in [3.63, 3.8) is 0 Å². The Morgan fingerprint density at radius 3 is 0.972 bits per heavy atom. The molecule has 0 heterocycles. The fraction of sp³-hybridized carbons (Fsp3) is 0.745. The molecular formula is C55H98O15P2. The van der Waals surface area contributed by atoms with Crippen LogP contribution in [0.4, 0.5) is 0 Å². The molecule has 0 saturated carbocycles. The van der Waals surface area contributed by atoms with E-state index in [0.717, 1.165) is 83.5 Å². The maximum Gasteiger partial charge on any atom is 0.472 e. The molecule has 0 spiro atoms. The van der Waals surface area contributed by atoms with Crippen molar-refractivity contribution >= 4 is 27.6 Å². The normalized spacial score (nSPS) is 15.4. The van der Waals surface area contributed by atoms with Crippen LogP contribution in [0.25, 0.3) is 0 Å². The van der Waals surface area contributed by atoms with Crippen molar-refractivity contribution in [3.05, 3.63) is 72.9 Å². The number of aliphatic hydroxyl groups excluding tert-OH is 3. The van der Waals surface area contributed by atoms with Gasteiger partial charge in [-0.25, -0.2) is 9.13 Å². The van der Waals surface area contributed by atoms with E-state index in [-0.39, 0.29) is 12.8 Å². The van der Waals surface area contributed by atoms with E-state index in [4.69, 9.17) is 18.5 Å². The SMILES string of the molecule is CC/C=C\C/C=C\C/C=C\C/C=C\C/C=C\CCCCCCCC(=O)OCC(O)COP(=O)(O)OCC(O)COP(=O)(O)OCC(O)COC(=O)CCCCCCCCCCC/C=C/CCCCCCCC. The van der Waals surface area contributed by atoms with Crippen LogP contribution in [0.1, 0.15) is 206 Å². The number of unbranched alkanes of at least 4 members (excludes halogenated alkanes) is 20. The van der Waals surface area contributed by atoms with Crippen LogP contribution in [-0.4, -0.2) is 95.0 Å². The number of aliphatic hydroxyl groups is 3. The fourth-order valence-electron chi connectivity index (χ4n) is 6.94. The molecule has 0 radical (unpaired) electrons. The average molecular weight is 1060 g/mol. The van der Waals surface area contributed by atoms with Crippen LogP contribution >= 0.6 is 15.6 Å². The predicted octanol–water partition coefficient (Wildman–Crippen LogP) is 13.5. The Kier molecular flexibility index (Phi) is 48.9. The van der Waals surface area contributed by atoms with Crippen molar-refractivity contribution in [2.45, 2.75) is 225 Å².